The van der Waals surface area contributed by atoms with Gasteiger partial charge >= 0.3 is 11.6 Å². The molecule has 5 aromatic rings. The van der Waals surface area contributed by atoms with Crippen molar-refractivity contribution in [2.75, 3.05) is 6.61 Å². The number of fused-ring (bicyclic) bond motifs is 1. The van der Waals surface area contributed by atoms with Gasteiger partial charge in [-0.2, -0.15) is 0 Å². The summed E-state index contributed by atoms with van der Waals surface area (Å²) in [5.41, 5.74) is 1.27. The van der Waals surface area contributed by atoms with Crippen LogP contribution < -0.4 is 20.4 Å². The van der Waals surface area contributed by atoms with Crippen molar-refractivity contribution in [1.82, 2.24) is 5.32 Å². The number of hydrogen-bond acceptors (Lipinski definition) is 7. The van der Waals surface area contributed by atoms with Gasteiger partial charge in [0.25, 0.3) is 5.91 Å². The van der Waals surface area contributed by atoms with Crippen LogP contribution in [0.15, 0.2) is 109 Å². The molecule has 8 nitrogen and oxygen atoms in total. The Balaban J connectivity index is 1.21. The summed E-state index contributed by atoms with van der Waals surface area (Å²) in [5.74, 6) is -0.0189. The first-order valence-electron chi connectivity index (χ1n) is 11.5. The van der Waals surface area contributed by atoms with E-state index in [1.807, 2.05) is 42.5 Å². The highest BCUT2D eigenvalue weighted by atomic mass is 79.9. The number of carbonyl (C=O) groups excluding carboxylic acids is 2. The molecule has 0 fully saturated rings. The van der Waals surface area contributed by atoms with Crippen LogP contribution in [-0.2, 0) is 11.3 Å². The van der Waals surface area contributed by atoms with E-state index in [0.29, 0.717) is 21.4 Å². The quantitative estimate of drug-likeness (QED) is 0.143. The summed E-state index contributed by atoms with van der Waals surface area (Å²) >= 11 is 3.48. The molecule has 3 aromatic carbocycles. The van der Waals surface area contributed by atoms with Crippen LogP contribution in [0.3, 0.4) is 0 Å². The molecule has 5 rings (SSSR count). The number of esters is 1. The van der Waals surface area contributed by atoms with Crippen molar-refractivity contribution in [3.05, 3.63) is 117 Å². The Morgan fingerprint density at radius 3 is 2.50 bits per heavy atom. The molecule has 2 aromatic heterocycles. The van der Waals surface area contributed by atoms with Crippen LogP contribution in [0, 0.1) is 0 Å². The van der Waals surface area contributed by atoms with Gasteiger partial charge in [-0.3, -0.25) is 4.79 Å². The Labute approximate surface area is 224 Å². The second-order valence-corrected chi connectivity index (χ2v) is 9.04. The molecule has 0 atom stereocenters. The van der Waals surface area contributed by atoms with Crippen LogP contribution in [0.5, 0.6) is 11.5 Å². The average Bonchev–Trinajstić information content (AvgIpc) is 3.45. The highest BCUT2D eigenvalue weighted by Crippen LogP contribution is 2.31. The minimum atomic E-state index is -0.815. The number of halogens is 1. The second kappa shape index (κ2) is 11.2. The Morgan fingerprint density at radius 2 is 1.74 bits per heavy atom. The summed E-state index contributed by atoms with van der Waals surface area (Å²) in [5, 5.41) is 3.10. The van der Waals surface area contributed by atoms with Gasteiger partial charge in [-0.15, -0.1) is 0 Å². The molecular weight excluding hydrogens is 554 g/mol. The third-order valence-electron chi connectivity index (χ3n) is 5.57. The smallest absolute Gasteiger partial charge is 0.349 e. The number of furan rings is 1. The number of ether oxygens (including phenoxy) is 2. The van der Waals surface area contributed by atoms with Crippen LogP contribution in [0.4, 0.5) is 0 Å². The predicted octanol–water partition coefficient (Wildman–Crippen LogP) is 5.73. The highest BCUT2D eigenvalue weighted by molar-refractivity contribution is 9.10. The Hall–Kier alpha value is -4.63. The van der Waals surface area contributed by atoms with E-state index in [-0.39, 0.29) is 30.0 Å². The predicted molar refractivity (Wildman–Crippen MR) is 143 cm³/mol. The van der Waals surface area contributed by atoms with Gasteiger partial charge in [-0.05, 0) is 69.5 Å². The van der Waals surface area contributed by atoms with E-state index < -0.39 is 17.5 Å². The van der Waals surface area contributed by atoms with Crippen molar-refractivity contribution in [3.8, 4) is 22.6 Å². The molecule has 9 heteroatoms. The van der Waals surface area contributed by atoms with Crippen molar-refractivity contribution < 1.29 is 27.9 Å². The largest absolute Gasteiger partial charge is 0.481 e. The third-order valence-corrected chi connectivity index (χ3v) is 6.19. The maximum Gasteiger partial charge on any atom is 0.349 e. The number of carbonyl (C=O) groups is 2. The normalized spacial score (nSPS) is 10.8. The van der Waals surface area contributed by atoms with E-state index in [1.165, 1.54) is 24.5 Å². The van der Waals surface area contributed by atoms with Crippen LogP contribution in [-0.4, -0.2) is 18.5 Å². The SMILES string of the molecule is O=C(COc1ccc(-c2ccccc2)cc1Br)Oc1ccc2cc(C(=O)NCc3ccco3)c(=O)oc2c1. The fourth-order valence-electron chi connectivity index (χ4n) is 3.71. The Kier molecular flexibility index (Phi) is 7.37. The molecule has 0 unspecified atom stereocenters. The second-order valence-electron chi connectivity index (χ2n) is 8.18. The summed E-state index contributed by atoms with van der Waals surface area (Å²) in [4.78, 5) is 37.2. The van der Waals surface area contributed by atoms with Crippen LogP contribution in [0.1, 0.15) is 16.1 Å². The van der Waals surface area contributed by atoms with E-state index in [4.69, 9.17) is 18.3 Å². The van der Waals surface area contributed by atoms with Gasteiger partial charge in [0, 0.05) is 11.5 Å². The number of amides is 1. The Bertz CT molecular complexity index is 1660. The summed E-state index contributed by atoms with van der Waals surface area (Å²) < 4.78 is 22.1. The summed E-state index contributed by atoms with van der Waals surface area (Å²) in [6.45, 7) is -0.200. The molecule has 0 saturated carbocycles. The Morgan fingerprint density at radius 1 is 0.895 bits per heavy atom. The molecule has 38 heavy (non-hydrogen) atoms. The molecule has 0 spiro atoms. The minimum absolute atomic E-state index is 0.133. The van der Waals surface area contributed by atoms with Gasteiger partial charge in [-0.1, -0.05) is 36.4 Å². The first-order valence-corrected chi connectivity index (χ1v) is 12.3. The summed E-state index contributed by atoms with van der Waals surface area (Å²) in [7, 11) is 0. The molecular formula is C29H20BrNO7. The molecule has 0 saturated heterocycles. The molecule has 0 aliphatic heterocycles. The molecule has 0 aliphatic rings. The molecule has 0 bridgehead atoms. The van der Waals surface area contributed by atoms with Crippen LogP contribution in [0.2, 0.25) is 0 Å². The fourth-order valence-corrected chi connectivity index (χ4v) is 4.21. The van der Waals surface area contributed by atoms with Gasteiger partial charge in [0.15, 0.2) is 6.61 Å². The molecule has 190 valence electrons. The number of benzene rings is 3. The van der Waals surface area contributed by atoms with E-state index in [0.717, 1.165) is 11.1 Å². The molecule has 0 radical (unpaired) electrons. The van der Waals surface area contributed by atoms with Gasteiger partial charge < -0.3 is 23.6 Å². The van der Waals surface area contributed by atoms with Gasteiger partial charge in [-0.25, -0.2) is 9.59 Å². The standard InChI is InChI=1S/C29H20BrNO7/c30-24-14-19(18-5-2-1-3-6-18)9-11-25(24)36-17-27(32)37-21-10-8-20-13-23(29(34)38-26(20)15-21)28(33)31-16-22-7-4-12-35-22/h1-15H,16-17H2,(H,31,33). The number of rotatable bonds is 8. The third kappa shape index (κ3) is 5.84. The first kappa shape index (κ1) is 25.0. The maximum atomic E-state index is 12.4. The van der Waals surface area contributed by atoms with Crippen molar-refractivity contribution in [2.24, 2.45) is 0 Å². The summed E-state index contributed by atoms with van der Waals surface area (Å²) in [6.07, 6.45) is 1.49. The lowest BCUT2D eigenvalue weighted by atomic mass is 10.1. The monoisotopic (exact) mass is 573 g/mol. The number of hydrogen-bond donors (Lipinski definition) is 1. The lowest BCUT2D eigenvalue weighted by molar-refractivity contribution is -0.136. The van der Waals surface area contributed by atoms with Gasteiger partial charge in [0.1, 0.15) is 28.4 Å². The summed E-state index contributed by atoms with van der Waals surface area (Å²) in [6, 6.07) is 24.8. The van der Waals surface area contributed by atoms with Crippen molar-refractivity contribution in [3.63, 3.8) is 0 Å². The van der Waals surface area contributed by atoms with E-state index >= 15 is 0 Å². The lowest BCUT2D eigenvalue weighted by Crippen LogP contribution is -2.27. The van der Waals surface area contributed by atoms with E-state index in [1.54, 1.807) is 24.3 Å². The molecule has 1 N–H and O–H groups in total. The fraction of sp³-hybridized carbons (Fsp3) is 0.0690. The molecule has 0 aliphatic carbocycles. The van der Waals surface area contributed by atoms with Crippen molar-refractivity contribution in [2.45, 2.75) is 6.54 Å². The highest BCUT2D eigenvalue weighted by Gasteiger charge is 2.15. The molecule has 1 amide bonds. The first-order chi connectivity index (χ1) is 18.5. The van der Waals surface area contributed by atoms with Gasteiger partial charge in [0.05, 0.1) is 17.3 Å². The number of nitrogens with one attached hydrogen (secondary N) is 1. The van der Waals surface area contributed by atoms with E-state index in [2.05, 4.69) is 21.2 Å². The molecule has 2 heterocycles. The zero-order chi connectivity index (χ0) is 26.5. The zero-order valence-electron chi connectivity index (χ0n) is 19.8. The van der Waals surface area contributed by atoms with Crippen molar-refractivity contribution in [1.29, 1.82) is 0 Å². The van der Waals surface area contributed by atoms with Crippen LogP contribution in [0.25, 0.3) is 22.1 Å². The van der Waals surface area contributed by atoms with Crippen LogP contribution >= 0.6 is 15.9 Å². The average molecular weight is 574 g/mol. The van der Waals surface area contributed by atoms with Gasteiger partial charge in [0.2, 0.25) is 0 Å². The topological polar surface area (TPSA) is 108 Å². The maximum absolute atomic E-state index is 12.4. The lowest BCUT2D eigenvalue weighted by Gasteiger charge is -2.10. The van der Waals surface area contributed by atoms with Crippen molar-refractivity contribution >= 4 is 38.8 Å². The zero-order valence-corrected chi connectivity index (χ0v) is 21.4. The minimum Gasteiger partial charge on any atom is -0.481 e. The van der Waals surface area contributed by atoms with E-state index in [9.17, 15) is 14.4 Å².